The zero-order valence-electron chi connectivity index (χ0n) is 23.4. The van der Waals surface area contributed by atoms with Crippen LogP contribution < -0.4 is 0 Å². The van der Waals surface area contributed by atoms with E-state index in [9.17, 15) is 0 Å². The molecular weight excluding hydrogens is 542 g/mol. The highest BCUT2D eigenvalue weighted by Crippen LogP contribution is 2.37. The number of para-hydroxylation sites is 5. The Hall–Kier alpha value is -6.07. The van der Waals surface area contributed by atoms with Crippen molar-refractivity contribution in [2.75, 3.05) is 0 Å². The number of benzene rings is 6. The van der Waals surface area contributed by atoms with E-state index in [2.05, 4.69) is 66.7 Å². The highest BCUT2D eigenvalue weighted by molar-refractivity contribution is 6.09. The van der Waals surface area contributed by atoms with Crippen LogP contribution in [0.25, 0.3) is 89.2 Å². The lowest BCUT2D eigenvalue weighted by Crippen LogP contribution is -1.95. The predicted octanol–water partition coefficient (Wildman–Crippen LogP) is 10.3. The monoisotopic (exact) mass is 565 g/mol. The molecule has 6 aromatic carbocycles. The van der Waals surface area contributed by atoms with Crippen molar-refractivity contribution in [1.29, 1.82) is 0 Å². The number of furan rings is 1. The highest BCUT2D eigenvalue weighted by Gasteiger charge is 2.16. The van der Waals surface area contributed by atoms with Gasteiger partial charge in [0, 0.05) is 38.4 Å². The van der Waals surface area contributed by atoms with Crippen LogP contribution in [0.2, 0.25) is 0 Å². The Balaban J connectivity index is 1.18. The molecule has 0 aliphatic rings. The number of hydrogen-bond donors (Lipinski definition) is 0. The Kier molecular flexibility index (Phi) is 5.43. The Morgan fingerprint density at radius 3 is 1.95 bits per heavy atom. The summed E-state index contributed by atoms with van der Waals surface area (Å²) in [5.74, 6) is 1.24. The summed E-state index contributed by atoms with van der Waals surface area (Å²) >= 11 is 0. The van der Waals surface area contributed by atoms with Crippen LogP contribution in [-0.2, 0) is 0 Å². The van der Waals surface area contributed by atoms with Crippen LogP contribution in [0.1, 0.15) is 0 Å². The molecule has 0 aliphatic carbocycles. The lowest BCUT2D eigenvalue weighted by atomic mass is 9.99. The lowest BCUT2D eigenvalue weighted by Gasteiger charge is -2.11. The molecule has 9 aromatic rings. The molecule has 9 rings (SSSR count). The number of oxazole rings is 1. The molecule has 0 aliphatic heterocycles. The van der Waals surface area contributed by atoms with E-state index in [0.717, 1.165) is 77.5 Å². The Bertz CT molecular complexity index is 2490. The van der Waals surface area contributed by atoms with Crippen molar-refractivity contribution in [2.24, 2.45) is 0 Å². The Labute approximate surface area is 252 Å². The van der Waals surface area contributed by atoms with Crippen molar-refractivity contribution >= 4 is 43.9 Å². The summed E-state index contributed by atoms with van der Waals surface area (Å²) in [6.45, 7) is 0. The molecule has 44 heavy (non-hydrogen) atoms. The molecule has 5 nitrogen and oxygen atoms in total. The van der Waals surface area contributed by atoms with E-state index in [0.29, 0.717) is 11.7 Å². The number of hydrogen-bond acceptors (Lipinski definition) is 5. The Morgan fingerprint density at radius 1 is 0.409 bits per heavy atom. The molecule has 0 bridgehead atoms. The molecule has 206 valence electrons. The second-order valence-electron chi connectivity index (χ2n) is 10.8. The lowest BCUT2D eigenvalue weighted by molar-refractivity contribution is 0.620. The van der Waals surface area contributed by atoms with Crippen LogP contribution in [0.15, 0.2) is 148 Å². The average Bonchev–Trinajstić information content (AvgIpc) is 3.70. The van der Waals surface area contributed by atoms with Gasteiger partial charge < -0.3 is 8.83 Å². The fourth-order valence-corrected chi connectivity index (χ4v) is 6.02. The molecule has 0 unspecified atom stereocenters. The van der Waals surface area contributed by atoms with Gasteiger partial charge in [0.1, 0.15) is 16.7 Å². The van der Waals surface area contributed by atoms with E-state index >= 15 is 0 Å². The second kappa shape index (κ2) is 9.75. The SMILES string of the molecule is c1cc(-c2nc3ccccc3o2)cc(-c2nc(-c3cccc(-c4cccc5c4oc4ccccc45)c3)nc3ccccc23)c1. The van der Waals surface area contributed by atoms with Gasteiger partial charge in [-0.05, 0) is 48.0 Å². The molecular formula is C39H23N3O2. The van der Waals surface area contributed by atoms with Crippen LogP contribution >= 0.6 is 0 Å². The molecule has 0 saturated carbocycles. The van der Waals surface area contributed by atoms with Gasteiger partial charge >= 0.3 is 0 Å². The maximum Gasteiger partial charge on any atom is 0.227 e. The maximum atomic E-state index is 6.34. The molecule has 3 heterocycles. The van der Waals surface area contributed by atoms with Crippen LogP contribution in [0.5, 0.6) is 0 Å². The van der Waals surface area contributed by atoms with Crippen LogP contribution in [0.3, 0.4) is 0 Å². The van der Waals surface area contributed by atoms with Crippen molar-refractivity contribution in [2.45, 2.75) is 0 Å². The fraction of sp³-hybridized carbons (Fsp3) is 0. The van der Waals surface area contributed by atoms with Crippen molar-refractivity contribution in [3.63, 3.8) is 0 Å². The van der Waals surface area contributed by atoms with Crippen LogP contribution in [0.4, 0.5) is 0 Å². The highest BCUT2D eigenvalue weighted by atomic mass is 16.3. The number of fused-ring (bicyclic) bond motifs is 5. The third-order valence-electron chi connectivity index (χ3n) is 8.12. The minimum atomic E-state index is 0.582. The molecule has 3 aromatic heterocycles. The molecule has 0 N–H and O–H groups in total. The van der Waals surface area contributed by atoms with E-state index in [1.807, 2.05) is 72.8 Å². The minimum Gasteiger partial charge on any atom is -0.455 e. The molecule has 0 saturated heterocycles. The summed E-state index contributed by atoms with van der Waals surface area (Å²) in [7, 11) is 0. The van der Waals surface area contributed by atoms with Gasteiger partial charge in [0.25, 0.3) is 0 Å². The summed E-state index contributed by atoms with van der Waals surface area (Å²) < 4.78 is 12.4. The molecule has 0 spiro atoms. The topological polar surface area (TPSA) is 65.0 Å². The third-order valence-corrected chi connectivity index (χ3v) is 8.12. The van der Waals surface area contributed by atoms with Crippen molar-refractivity contribution in [3.8, 4) is 45.2 Å². The van der Waals surface area contributed by atoms with Crippen LogP contribution in [0, 0.1) is 0 Å². The number of aromatic nitrogens is 3. The Morgan fingerprint density at radius 2 is 1.07 bits per heavy atom. The van der Waals surface area contributed by atoms with E-state index in [4.69, 9.17) is 23.8 Å². The van der Waals surface area contributed by atoms with E-state index < -0.39 is 0 Å². The normalized spacial score (nSPS) is 11.6. The van der Waals surface area contributed by atoms with Gasteiger partial charge in [-0.15, -0.1) is 0 Å². The quantitative estimate of drug-likeness (QED) is 0.212. The van der Waals surface area contributed by atoms with Crippen molar-refractivity contribution in [3.05, 3.63) is 140 Å². The van der Waals surface area contributed by atoms with Gasteiger partial charge in [0.15, 0.2) is 11.4 Å². The first-order chi connectivity index (χ1) is 21.8. The van der Waals surface area contributed by atoms with Gasteiger partial charge in [0.2, 0.25) is 5.89 Å². The summed E-state index contributed by atoms with van der Waals surface area (Å²) in [5.41, 5.74) is 9.96. The molecule has 0 fully saturated rings. The van der Waals surface area contributed by atoms with Gasteiger partial charge in [-0.1, -0.05) is 97.1 Å². The third kappa shape index (κ3) is 3.98. The van der Waals surface area contributed by atoms with Gasteiger partial charge in [0.05, 0.1) is 11.2 Å². The smallest absolute Gasteiger partial charge is 0.227 e. The van der Waals surface area contributed by atoms with E-state index in [-0.39, 0.29) is 0 Å². The maximum absolute atomic E-state index is 6.34. The van der Waals surface area contributed by atoms with Crippen LogP contribution in [-0.4, -0.2) is 15.0 Å². The summed E-state index contributed by atoms with van der Waals surface area (Å²) in [6, 6.07) is 47.0. The summed E-state index contributed by atoms with van der Waals surface area (Å²) in [6.07, 6.45) is 0. The molecule has 5 heteroatoms. The standard InChI is InChI=1S/C39H23N3O2/c1-3-18-32-31(15-1)36(25-11-8-13-27(23-25)39-41-33-19-4-6-21-35(33)44-39)42-38(40-32)26-12-7-10-24(22-26)28-16-9-17-30-29-14-2-5-20-34(29)43-37(28)30/h1-23H. The average molecular weight is 566 g/mol. The largest absolute Gasteiger partial charge is 0.455 e. The molecule has 0 atom stereocenters. The van der Waals surface area contributed by atoms with Gasteiger partial charge in [-0.25, -0.2) is 15.0 Å². The first kappa shape index (κ1) is 24.5. The van der Waals surface area contributed by atoms with Gasteiger partial charge in [-0.2, -0.15) is 0 Å². The number of rotatable bonds is 4. The predicted molar refractivity (Wildman–Crippen MR) is 176 cm³/mol. The first-order valence-corrected chi connectivity index (χ1v) is 14.5. The summed E-state index contributed by atoms with van der Waals surface area (Å²) in [4.78, 5) is 14.9. The van der Waals surface area contributed by atoms with Crippen molar-refractivity contribution < 1.29 is 8.83 Å². The summed E-state index contributed by atoms with van der Waals surface area (Å²) in [5, 5.41) is 3.20. The first-order valence-electron chi connectivity index (χ1n) is 14.5. The van der Waals surface area contributed by atoms with Gasteiger partial charge in [-0.3, -0.25) is 0 Å². The molecule has 0 radical (unpaired) electrons. The van der Waals surface area contributed by atoms with E-state index in [1.54, 1.807) is 0 Å². The second-order valence-corrected chi connectivity index (χ2v) is 10.8. The minimum absolute atomic E-state index is 0.582. The molecule has 0 amide bonds. The zero-order chi connectivity index (χ0) is 29.0. The number of nitrogens with zero attached hydrogens (tertiary/aromatic N) is 3. The van der Waals surface area contributed by atoms with E-state index in [1.165, 1.54) is 0 Å². The fourth-order valence-electron chi connectivity index (χ4n) is 6.02. The van der Waals surface area contributed by atoms with Crippen molar-refractivity contribution in [1.82, 2.24) is 15.0 Å². The zero-order valence-corrected chi connectivity index (χ0v) is 23.4.